The Morgan fingerprint density at radius 2 is 1.76 bits per heavy atom. The summed E-state index contributed by atoms with van der Waals surface area (Å²) >= 11 is 0. The number of likely N-dealkylation sites (N-methyl/N-ethyl adjacent to an activating group) is 1. The Labute approximate surface area is 127 Å². The van der Waals surface area contributed by atoms with Crippen LogP contribution in [0.25, 0.3) is 0 Å². The summed E-state index contributed by atoms with van der Waals surface area (Å²) in [5, 5.41) is 0. The Morgan fingerprint density at radius 1 is 1.10 bits per heavy atom. The van der Waals surface area contributed by atoms with Crippen LogP contribution >= 0.6 is 0 Å². The molecule has 1 fully saturated rings. The van der Waals surface area contributed by atoms with E-state index in [9.17, 15) is 0 Å². The molecule has 0 spiro atoms. The number of ether oxygens (including phenoxy) is 2. The van der Waals surface area contributed by atoms with Gasteiger partial charge in [0.1, 0.15) is 0 Å². The molecule has 1 aliphatic heterocycles. The molecule has 2 N–H and O–H groups in total. The van der Waals surface area contributed by atoms with Gasteiger partial charge in [0.15, 0.2) is 11.5 Å². The van der Waals surface area contributed by atoms with Gasteiger partial charge in [0.05, 0.1) is 14.2 Å². The molecular weight excluding hydrogens is 266 g/mol. The molecule has 1 aromatic rings. The second kappa shape index (κ2) is 7.64. The first-order valence-corrected chi connectivity index (χ1v) is 7.52. The van der Waals surface area contributed by atoms with E-state index in [2.05, 4.69) is 16.8 Å². The SMILES string of the molecule is COc1ccc(C(N)CCN2CCN(C)CC2)cc1OC. The summed E-state index contributed by atoms with van der Waals surface area (Å²) in [5.74, 6) is 1.48. The summed E-state index contributed by atoms with van der Waals surface area (Å²) in [6.07, 6.45) is 0.958. The minimum atomic E-state index is 0.0319. The standard InChI is InChI=1S/C16H27N3O2/c1-18-8-10-19(11-9-18)7-6-14(17)13-4-5-15(20-2)16(12-13)21-3/h4-5,12,14H,6-11,17H2,1-3H3. The van der Waals surface area contributed by atoms with E-state index in [1.165, 1.54) is 0 Å². The van der Waals surface area contributed by atoms with Crippen molar-refractivity contribution in [1.82, 2.24) is 9.80 Å². The van der Waals surface area contributed by atoms with Gasteiger partial charge in [-0.3, -0.25) is 0 Å². The van der Waals surface area contributed by atoms with Crippen LogP contribution < -0.4 is 15.2 Å². The summed E-state index contributed by atoms with van der Waals surface area (Å²) in [6, 6.07) is 5.96. The molecule has 1 unspecified atom stereocenters. The molecule has 1 aliphatic rings. The zero-order valence-corrected chi connectivity index (χ0v) is 13.3. The maximum atomic E-state index is 6.32. The fourth-order valence-corrected chi connectivity index (χ4v) is 2.64. The molecule has 21 heavy (non-hydrogen) atoms. The molecule has 0 aromatic heterocycles. The van der Waals surface area contributed by atoms with Crippen molar-refractivity contribution in [3.8, 4) is 11.5 Å². The molecule has 0 aliphatic carbocycles. The highest BCUT2D eigenvalue weighted by Crippen LogP contribution is 2.30. The van der Waals surface area contributed by atoms with Crippen molar-refractivity contribution in [1.29, 1.82) is 0 Å². The maximum Gasteiger partial charge on any atom is 0.161 e. The van der Waals surface area contributed by atoms with Crippen LogP contribution in [-0.4, -0.2) is 63.8 Å². The zero-order valence-electron chi connectivity index (χ0n) is 13.3. The van der Waals surface area contributed by atoms with Gasteiger partial charge in [0.25, 0.3) is 0 Å². The summed E-state index contributed by atoms with van der Waals surface area (Å²) in [4.78, 5) is 4.85. The quantitative estimate of drug-likeness (QED) is 0.858. The van der Waals surface area contributed by atoms with Crippen molar-refractivity contribution in [2.75, 3.05) is 54.0 Å². The molecular formula is C16H27N3O2. The Bertz CT molecular complexity index is 445. The lowest BCUT2D eigenvalue weighted by atomic mass is 10.0. The number of piperazine rings is 1. The number of methoxy groups -OCH3 is 2. The van der Waals surface area contributed by atoms with Crippen molar-refractivity contribution >= 4 is 0 Å². The smallest absolute Gasteiger partial charge is 0.161 e. The van der Waals surface area contributed by atoms with Crippen LogP contribution in [0.4, 0.5) is 0 Å². The predicted molar refractivity (Wildman–Crippen MR) is 85.0 cm³/mol. The minimum Gasteiger partial charge on any atom is -0.493 e. The van der Waals surface area contributed by atoms with Gasteiger partial charge in [-0.25, -0.2) is 0 Å². The summed E-state index contributed by atoms with van der Waals surface area (Å²) in [5.41, 5.74) is 7.42. The first kappa shape index (κ1) is 16.1. The van der Waals surface area contributed by atoms with E-state index in [1.54, 1.807) is 14.2 Å². The molecule has 1 saturated heterocycles. The molecule has 0 saturated carbocycles. The van der Waals surface area contributed by atoms with E-state index < -0.39 is 0 Å². The second-order valence-corrected chi connectivity index (χ2v) is 5.65. The molecule has 0 amide bonds. The molecule has 5 nitrogen and oxygen atoms in total. The molecule has 0 bridgehead atoms. The van der Waals surface area contributed by atoms with Crippen molar-refractivity contribution in [3.63, 3.8) is 0 Å². The number of hydrogen-bond acceptors (Lipinski definition) is 5. The van der Waals surface area contributed by atoms with E-state index in [-0.39, 0.29) is 6.04 Å². The Kier molecular flexibility index (Phi) is 5.85. The van der Waals surface area contributed by atoms with Crippen LogP contribution in [0.1, 0.15) is 18.0 Å². The van der Waals surface area contributed by atoms with Crippen molar-refractivity contribution in [3.05, 3.63) is 23.8 Å². The number of rotatable bonds is 6. The monoisotopic (exact) mass is 293 g/mol. The van der Waals surface area contributed by atoms with E-state index in [1.807, 2.05) is 18.2 Å². The number of nitrogens with zero attached hydrogens (tertiary/aromatic N) is 2. The third-order valence-electron chi connectivity index (χ3n) is 4.19. The zero-order chi connectivity index (χ0) is 15.2. The lowest BCUT2D eigenvalue weighted by molar-refractivity contribution is 0.150. The van der Waals surface area contributed by atoms with Crippen LogP contribution in [0.2, 0.25) is 0 Å². The van der Waals surface area contributed by atoms with E-state index in [0.717, 1.165) is 56.2 Å². The maximum absolute atomic E-state index is 6.32. The topological polar surface area (TPSA) is 51.0 Å². The highest BCUT2D eigenvalue weighted by molar-refractivity contribution is 5.43. The van der Waals surface area contributed by atoms with Crippen molar-refractivity contribution in [2.24, 2.45) is 5.73 Å². The molecule has 1 aromatic carbocycles. The fraction of sp³-hybridized carbons (Fsp3) is 0.625. The van der Waals surface area contributed by atoms with Gasteiger partial charge >= 0.3 is 0 Å². The summed E-state index contributed by atoms with van der Waals surface area (Å²) in [7, 11) is 5.47. The van der Waals surface area contributed by atoms with Crippen LogP contribution in [0, 0.1) is 0 Å². The van der Waals surface area contributed by atoms with Gasteiger partial charge in [-0.2, -0.15) is 0 Å². The largest absolute Gasteiger partial charge is 0.493 e. The van der Waals surface area contributed by atoms with Gasteiger partial charge in [-0.05, 0) is 31.2 Å². The minimum absolute atomic E-state index is 0.0319. The van der Waals surface area contributed by atoms with Gasteiger partial charge in [-0.15, -0.1) is 0 Å². The first-order valence-electron chi connectivity index (χ1n) is 7.52. The van der Waals surface area contributed by atoms with Gasteiger partial charge in [-0.1, -0.05) is 6.07 Å². The average molecular weight is 293 g/mol. The Morgan fingerprint density at radius 3 is 2.38 bits per heavy atom. The van der Waals surface area contributed by atoms with Crippen LogP contribution in [0.5, 0.6) is 11.5 Å². The molecule has 2 rings (SSSR count). The van der Waals surface area contributed by atoms with Crippen molar-refractivity contribution < 1.29 is 9.47 Å². The lowest BCUT2D eigenvalue weighted by Crippen LogP contribution is -2.45. The van der Waals surface area contributed by atoms with Crippen LogP contribution in [-0.2, 0) is 0 Å². The fourth-order valence-electron chi connectivity index (χ4n) is 2.64. The first-order chi connectivity index (χ1) is 10.1. The van der Waals surface area contributed by atoms with Crippen LogP contribution in [0.3, 0.4) is 0 Å². The summed E-state index contributed by atoms with van der Waals surface area (Å²) in [6.45, 7) is 5.60. The molecule has 1 heterocycles. The van der Waals surface area contributed by atoms with Crippen molar-refractivity contribution in [2.45, 2.75) is 12.5 Å². The normalized spacial score (nSPS) is 18.5. The average Bonchev–Trinajstić information content (AvgIpc) is 2.53. The third-order valence-corrected chi connectivity index (χ3v) is 4.19. The Balaban J connectivity index is 1.89. The molecule has 118 valence electrons. The van der Waals surface area contributed by atoms with E-state index in [0.29, 0.717) is 0 Å². The van der Waals surface area contributed by atoms with Gasteiger partial charge in [0, 0.05) is 38.8 Å². The third kappa shape index (κ3) is 4.33. The number of benzene rings is 1. The molecule has 0 radical (unpaired) electrons. The predicted octanol–water partition coefficient (Wildman–Crippen LogP) is 1.34. The summed E-state index contributed by atoms with van der Waals surface area (Å²) < 4.78 is 10.6. The second-order valence-electron chi connectivity index (χ2n) is 5.65. The molecule has 1 atom stereocenters. The van der Waals surface area contributed by atoms with Gasteiger partial charge < -0.3 is 25.0 Å². The lowest BCUT2D eigenvalue weighted by Gasteiger charge is -2.32. The van der Waals surface area contributed by atoms with Crippen LogP contribution in [0.15, 0.2) is 18.2 Å². The number of nitrogens with two attached hydrogens (primary N) is 1. The molecule has 5 heteroatoms. The van der Waals surface area contributed by atoms with E-state index >= 15 is 0 Å². The van der Waals surface area contributed by atoms with E-state index in [4.69, 9.17) is 15.2 Å². The van der Waals surface area contributed by atoms with Gasteiger partial charge in [0.2, 0.25) is 0 Å². The Hall–Kier alpha value is -1.30. The highest BCUT2D eigenvalue weighted by atomic mass is 16.5. The number of hydrogen-bond donors (Lipinski definition) is 1. The highest BCUT2D eigenvalue weighted by Gasteiger charge is 2.16.